The minimum absolute atomic E-state index is 0.550. The summed E-state index contributed by atoms with van der Waals surface area (Å²) in [6.45, 7) is 0. The van der Waals surface area contributed by atoms with Crippen LogP contribution in [0.5, 0.6) is 11.5 Å². The number of hydrogen-bond acceptors (Lipinski definition) is 3. The fourth-order valence-electron chi connectivity index (χ4n) is 12.6. The van der Waals surface area contributed by atoms with Crippen LogP contribution in [0.25, 0.3) is 44.2 Å². The summed E-state index contributed by atoms with van der Waals surface area (Å²) in [5, 5.41) is 2.50. The largest absolute Gasteiger partial charge is 0.457 e. The van der Waals surface area contributed by atoms with E-state index in [1.54, 1.807) is 0 Å². The topological polar surface area (TPSA) is 12.5 Å². The fraction of sp³-hybridized carbons (Fsp3) is 0.0303. The van der Waals surface area contributed by atoms with Gasteiger partial charge in [-0.1, -0.05) is 188 Å². The zero-order chi connectivity index (χ0) is 45.3. The number of benzene rings is 11. The van der Waals surface area contributed by atoms with Crippen molar-refractivity contribution in [2.24, 2.45) is 0 Å². The van der Waals surface area contributed by atoms with Crippen LogP contribution in [0.15, 0.2) is 259 Å². The Morgan fingerprint density at radius 2 is 0.725 bits per heavy atom. The van der Waals surface area contributed by atoms with E-state index in [9.17, 15) is 0 Å². The quantitative estimate of drug-likeness (QED) is 0.175. The summed E-state index contributed by atoms with van der Waals surface area (Å²) in [6, 6.07) is 92.5. The van der Waals surface area contributed by atoms with Crippen molar-refractivity contribution in [1.82, 2.24) is 0 Å². The highest BCUT2D eigenvalue weighted by atomic mass is 32.2. The van der Waals surface area contributed by atoms with Gasteiger partial charge in [-0.3, -0.25) is 0 Å². The molecule has 0 unspecified atom stereocenters. The maximum atomic E-state index is 6.75. The fourth-order valence-corrected chi connectivity index (χ4v) is 13.8. The zero-order valence-corrected chi connectivity index (χ0v) is 38.3. The van der Waals surface area contributed by atoms with Gasteiger partial charge < -0.3 is 9.64 Å². The van der Waals surface area contributed by atoms with Crippen LogP contribution in [0.3, 0.4) is 0 Å². The van der Waals surface area contributed by atoms with Crippen molar-refractivity contribution in [2.45, 2.75) is 20.6 Å². The van der Waals surface area contributed by atoms with Crippen LogP contribution in [0.2, 0.25) is 0 Å². The predicted octanol–water partition coefficient (Wildman–Crippen LogP) is 17.3. The molecule has 2 heterocycles. The molecule has 322 valence electrons. The Labute approximate surface area is 405 Å². The first-order valence-electron chi connectivity index (χ1n) is 23.8. The monoisotopic (exact) mass is 895 g/mol. The summed E-state index contributed by atoms with van der Waals surface area (Å²) in [4.78, 5) is 5.08. The van der Waals surface area contributed by atoms with Crippen molar-refractivity contribution in [3.63, 3.8) is 0 Å². The van der Waals surface area contributed by atoms with Gasteiger partial charge in [0.1, 0.15) is 11.5 Å². The lowest BCUT2D eigenvalue weighted by molar-refractivity contribution is 0.436. The summed E-state index contributed by atoms with van der Waals surface area (Å²) in [7, 11) is 0. The second-order valence-electron chi connectivity index (χ2n) is 18.7. The number of nitrogens with zero attached hydrogens (tertiary/aromatic N) is 1. The molecule has 11 aromatic carbocycles. The number of ether oxygens (including phenoxy) is 1. The third-order valence-corrected chi connectivity index (χ3v) is 16.5. The summed E-state index contributed by atoms with van der Waals surface area (Å²) >= 11 is 1.89. The molecule has 3 heteroatoms. The molecule has 0 atom stereocenters. The van der Waals surface area contributed by atoms with Crippen molar-refractivity contribution >= 4 is 39.6 Å². The Balaban J connectivity index is 1.01. The molecule has 11 aromatic rings. The summed E-state index contributed by atoms with van der Waals surface area (Å²) in [6.07, 6.45) is 0. The van der Waals surface area contributed by atoms with Crippen molar-refractivity contribution in [1.29, 1.82) is 0 Å². The van der Waals surface area contributed by atoms with Crippen molar-refractivity contribution < 1.29 is 4.74 Å². The smallest absolute Gasteiger partial charge is 0.132 e. The number of fused-ring (bicyclic) bond motifs is 19. The van der Waals surface area contributed by atoms with Gasteiger partial charge in [0.2, 0.25) is 0 Å². The molecule has 0 fully saturated rings. The molecular formula is C66H41NOS. The second kappa shape index (κ2) is 14.6. The molecule has 2 spiro atoms. The lowest BCUT2D eigenvalue weighted by Crippen LogP contribution is -2.32. The maximum Gasteiger partial charge on any atom is 0.132 e. The lowest BCUT2D eigenvalue weighted by atomic mass is 9.66. The first-order valence-corrected chi connectivity index (χ1v) is 24.6. The van der Waals surface area contributed by atoms with E-state index in [-0.39, 0.29) is 0 Å². The highest BCUT2D eigenvalue weighted by Crippen LogP contribution is 2.65. The van der Waals surface area contributed by atoms with E-state index in [0.29, 0.717) is 0 Å². The van der Waals surface area contributed by atoms with Crippen LogP contribution in [0.4, 0.5) is 17.1 Å². The van der Waals surface area contributed by atoms with Gasteiger partial charge in [-0.05, 0) is 150 Å². The van der Waals surface area contributed by atoms with Gasteiger partial charge in [0.05, 0.1) is 10.8 Å². The minimum Gasteiger partial charge on any atom is -0.457 e. The zero-order valence-electron chi connectivity index (χ0n) is 37.4. The first kappa shape index (κ1) is 38.7. The maximum absolute atomic E-state index is 6.75. The van der Waals surface area contributed by atoms with E-state index < -0.39 is 10.8 Å². The summed E-state index contributed by atoms with van der Waals surface area (Å²) < 4.78 is 6.75. The Morgan fingerprint density at radius 1 is 0.290 bits per heavy atom. The Morgan fingerprint density at radius 3 is 1.36 bits per heavy atom. The molecule has 0 amide bonds. The van der Waals surface area contributed by atoms with E-state index in [4.69, 9.17) is 4.74 Å². The lowest BCUT2D eigenvalue weighted by Gasteiger charge is -2.40. The molecule has 0 N–H and O–H groups in total. The Kier molecular flexibility index (Phi) is 8.17. The Hall–Kier alpha value is -8.37. The number of rotatable bonds is 4. The van der Waals surface area contributed by atoms with Crippen molar-refractivity contribution in [3.8, 4) is 44.9 Å². The van der Waals surface area contributed by atoms with Gasteiger partial charge in [0.25, 0.3) is 0 Å². The highest BCUT2D eigenvalue weighted by molar-refractivity contribution is 7.99. The molecule has 4 aliphatic rings. The van der Waals surface area contributed by atoms with E-state index in [0.717, 1.165) is 39.7 Å². The molecule has 0 bridgehead atoms. The van der Waals surface area contributed by atoms with Crippen LogP contribution in [0, 0.1) is 0 Å². The van der Waals surface area contributed by atoms with Gasteiger partial charge >= 0.3 is 0 Å². The molecule has 0 saturated heterocycles. The Bertz CT molecular complexity index is 3840. The van der Waals surface area contributed by atoms with Crippen molar-refractivity contribution in [2.75, 3.05) is 4.90 Å². The standard InChI is InChI=1S/C66H41NOS/c1-2-16-42(17-3-1)43-30-32-46(33-31-43)67(47-34-36-50-49-20-6-7-21-53(49)65(59(50)40-47)54-22-8-12-26-61(54)68-62-27-13-9-23-55(62)65)48-35-37-51-52-38-44-18-4-5-19-45(44)39-58(52)66(60(51)41-48)56-24-10-14-28-63(56)69-64-29-15-11-25-57(64)66/h1-41H. The van der Waals surface area contributed by atoms with E-state index >= 15 is 0 Å². The molecule has 15 rings (SSSR count). The van der Waals surface area contributed by atoms with Crippen LogP contribution < -0.4 is 9.64 Å². The number of para-hydroxylation sites is 2. The average Bonchev–Trinajstić information content (AvgIpc) is 3.85. The van der Waals surface area contributed by atoms with Crippen LogP contribution >= 0.6 is 11.8 Å². The van der Waals surface area contributed by atoms with E-state index in [2.05, 4.69) is 254 Å². The normalized spacial score (nSPS) is 14.4. The molecule has 0 saturated carbocycles. The molecule has 0 aromatic heterocycles. The number of hydrogen-bond donors (Lipinski definition) is 0. The second-order valence-corrected chi connectivity index (χ2v) is 19.8. The summed E-state index contributed by atoms with van der Waals surface area (Å²) in [5.74, 6) is 1.78. The molecular weight excluding hydrogens is 855 g/mol. The molecule has 2 aliphatic carbocycles. The highest BCUT2D eigenvalue weighted by Gasteiger charge is 2.52. The SMILES string of the molecule is c1ccc(-c2ccc(N(c3ccc4c(c3)C3(c5ccccc5Oc5ccccc53)c3ccccc3-4)c3ccc4c(c3)C3(c5ccccc5Sc5ccccc53)c3cc5ccccc5cc3-4)cc2)cc1. The first-order chi connectivity index (χ1) is 34.2. The summed E-state index contributed by atoms with van der Waals surface area (Å²) in [5.41, 5.74) is 19.7. The minimum atomic E-state index is -0.602. The van der Waals surface area contributed by atoms with Gasteiger partial charge in [-0.2, -0.15) is 0 Å². The number of anilines is 3. The van der Waals surface area contributed by atoms with E-state index in [1.807, 2.05) is 11.8 Å². The molecule has 69 heavy (non-hydrogen) atoms. The third kappa shape index (κ3) is 5.28. The van der Waals surface area contributed by atoms with Gasteiger partial charge in [0, 0.05) is 38.0 Å². The predicted molar refractivity (Wildman–Crippen MR) is 283 cm³/mol. The van der Waals surface area contributed by atoms with E-state index in [1.165, 1.54) is 87.3 Å². The molecule has 2 aliphatic heterocycles. The van der Waals surface area contributed by atoms with Crippen molar-refractivity contribution in [3.05, 3.63) is 293 Å². The van der Waals surface area contributed by atoms with Crippen LogP contribution in [-0.4, -0.2) is 0 Å². The van der Waals surface area contributed by atoms with Gasteiger partial charge in [0.15, 0.2) is 0 Å². The molecule has 2 nitrogen and oxygen atoms in total. The van der Waals surface area contributed by atoms with Crippen LogP contribution in [-0.2, 0) is 10.8 Å². The van der Waals surface area contributed by atoms with Crippen LogP contribution in [0.1, 0.15) is 44.5 Å². The average molecular weight is 896 g/mol. The third-order valence-electron chi connectivity index (χ3n) is 15.4. The van der Waals surface area contributed by atoms with Gasteiger partial charge in [-0.25, -0.2) is 0 Å². The van der Waals surface area contributed by atoms with Gasteiger partial charge in [-0.15, -0.1) is 0 Å². The molecule has 0 radical (unpaired) electrons.